The molecule has 0 nitrogen and oxygen atoms in total. The lowest BCUT2D eigenvalue weighted by Crippen LogP contribution is -2.46. The molecule has 3 fully saturated rings. The maximum atomic E-state index is 2.54. The van der Waals surface area contributed by atoms with Gasteiger partial charge in [-0.3, -0.25) is 0 Å². The van der Waals surface area contributed by atoms with Gasteiger partial charge in [0.2, 0.25) is 0 Å². The zero-order valence-corrected chi connectivity index (χ0v) is 10.8. The first-order chi connectivity index (χ1) is 6.90. The number of hydrogen-bond acceptors (Lipinski definition) is 0. The minimum atomic E-state index is 0.565. The van der Waals surface area contributed by atoms with Gasteiger partial charge in [-0.05, 0) is 39.5 Å². The number of fused-ring (bicyclic) bond motifs is 1. The molecule has 2 atom stereocenters. The fourth-order valence-electron chi connectivity index (χ4n) is 5.33. The van der Waals surface area contributed by atoms with E-state index in [2.05, 4.69) is 27.7 Å². The molecule has 0 aromatic rings. The van der Waals surface area contributed by atoms with Crippen molar-refractivity contribution < 1.29 is 0 Å². The second-order valence-corrected chi connectivity index (χ2v) is 7.46. The van der Waals surface area contributed by atoms with Gasteiger partial charge in [-0.1, -0.05) is 13.8 Å². The molecule has 3 saturated carbocycles. The minimum Gasteiger partial charge on any atom is -0.0552 e. The largest absolute Gasteiger partial charge is 0.116 e. The van der Waals surface area contributed by atoms with Gasteiger partial charge in [0.15, 0.2) is 0 Å². The summed E-state index contributed by atoms with van der Waals surface area (Å²) in [6, 6.07) is 0. The molecule has 0 heterocycles. The number of hydrogen-bond donors (Lipinski definition) is 0. The van der Waals surface area contributed by atoms with Gasteiger partial charge in [-0.15, -0.1) is 0 Å². The summed E-state index contributed by atoms with van der Waals surface area (Å²) in [5, 5.41) is 0. The van der Waals surface area contributed by atoms with E-state index in [0.717, 1.165) is 5.92 Å². The van der Waals surface area contributed by atoms with Gasteiger partial charge in [-0.25, -0.2) is 0 Å². The van der Waals surface area contributed by atoms with Crippen molar-refractivity contribution in [1.29, 1.82) is 0 Å². The highest BCUT2D eigenvalue weighted by Crippen LogP contribution is 2.76. The molecule has 0 radical (unpaired) electrons. The van der Waals surface area contributed by atoms with Crippen molar-refractivity contribution in [2.24, 2.45) is 22.2 Å². The molecule has 3 aliphatic rings. The van der Waals surface area contributed by atoms with Gasteiger partial charge >= 0.3 is 0 Å². The molecule has 2 bridgehead atoms. The summed E-state index contributed by atoms with van der Waals surface area (Å²) < 4.78 is 0. The number of rotatable bonds is 0. The van der Waals surface area contributed by atoms with Gasteiger partial charge in [0.1, 0.15) is 16.7 Å². The highest BCUT2D eigenvalue weighted by Gasteiger charge is 2.75. The van der Waals surface area contributed by atoms with Crippen LogP contribution in [0, 0.1) is 28.1 Å². The van der Waals surface area contributed by atoms with Gasteiger partial charge in [0.05, 0.1) is 6.42 Å². The lowest BCUT2D eigenvalue weighted by Gasteiger charge is -2.47. The molecule has 0 aromatic heterocycles. The summed E-state index contributed by atoms with van der Waals surface area (Å²) in [5.41, 5.74) is 1.80. The maximum absolute atomic E-state index is 2.54. The molecular weight excluding hydrogens is 180 g/mol. The Kier molecular flexibility index (Phi) is 1.73. The van der Waals surface area contributed by atoms with Crippen molar-refractivity contribution >= 4 is 0 Å². The summed E-state index contributed by atoms with van der Waals surface area (Å²) in [6.45, 7) is 10.1. The van der Waals surface area contributed by atoms with E-state index in [9.17, 15) is 0 Å². The van der Waals surface area contributed by atoms with Crippen molar-refractivity contribution in [3.63, 3.8) is 0 Å². The van der Waals surface area contributed by atoms with Crippen LogP contribution in [0.2, 0.25) is 0 Å². The van der Waals surface area contributed by atoms with E-state index in [0.29, 0.717) is 16.2 Å². The van der Waals surface area contributed by atoms with Crippen molar-refractivity contribution in [2.45, 2.75) is 66.2 Å². The molecule has 2 unspecified atom stereocenters. The molecular formula is C15H25+. The third-order valence-corrected chi connectivity index (χ3v) is 6.41. The van der Waals surface area contributed by atoms with Crippen LogP contribution in [0.5, 0.6) is 0 Å². The zero-order valence-electron chi connectivity index (χ0n) is 10.8. The molecule has 0 aromatic carbocycles. The molecule has 0 N–H and O–H groups in total. The monoisotopic (exact) mass is 205 g/mol. The van der Waals surface area contributed by atoms with E-state index >= 15 is 0 Å². The summed E-state index contributed by atoms with van der Waals surface area (Å²) >= 11 is 0. The molecule has 84 valence electrons. The SMILES string of the molecule is CC1(C)[C+]2CCCC(C)(C)C23CCC1C3. The fraction of sp³-hybridized carbons (Fsp3) is 0.933. The van der Waals surface area contributed by atoms with Crippen LogP contribution >= 0.6 is 0 Å². The quantitative estimate of drug-likeness (QED) is 0.507. The fourth-order valence-corrected chi connectivity index (χ4v) is 5.33. The van der Waals surface area contributed by atoms with E-state index < -0.39 is 0 Å². The van der Waals surface area contributed by atoms with Crippen LogP contribution in [-0.4, -0.2) is 0 Å². The Morgan fingerprint density at radius 3 is 2.47 bits per heavy atom. The average molecular weight is 205 g/mol. The highest BCUT2D eigenvalue weighted by atomic mass is 14.7. The first kappa shape index (κ1) is 10.1. The summed E-state index contributed by atoms with van der Waals surface area (Å²) in [5.74, 6) is 2.97. The topological polar surface area (TPSA) is 0 Å². The van der Waals surface area contributed by atoms with Crippen LogP contribution in [0.15, 0.2) is 0 Å². The molecule has 0 amide bonds. The standard InChI is InChI=1S/C15H25/c1-13(2)8-5-6-12-14(3,4)11-7-9-15(12,13)10-11/h11H,5-10H2,1-4H3/q+1. The Morgan fingerprint density at radius 2 is 1.80 bits per heavy atom. The summed E-state index contributed by atoms with van der Waals surface area (Å²) in [7, 11) is 0. The predicted octanol–water partition coefficient (Wildman–Crippen LogP) is 4.60. The molecule has 3 aliphatic carbocycles. The van der Waals surface area contributed by atoms with Crippen molar-refractivity contribution in [3.8, 4) is 0 Å². The second kappa shape index (κ2) is 2.57. The molecule has 15 heavy (non-hydrogen) atoms. The third kappa shape index (κ3) is 0.971. The van der Waals surface area contributed by atoms with E-state index in [1.165, 1.54) is 38.5 Å². The normalized spacial score (nSPS) is 45.6. The van der Waals surface area contributed by atoms with E-state index in [1.807, 2.05) is 5.92 Å². The molecule has 0 heteroatoms. The van der Waals surface area contributed by atoms with Crippen LogP contribution in [0.3, 0.4) is 0 Å². The zero-order chi connectivity index (χ0) is 10.9. The first-order valence-electron chi connectivity index (χ1n) is 6.77. The first-order valence-corrected chi connectivity index (χ1v) is 6.77. The van der Waals surface area contributed by atoms with E-state index in [-0.39, 0.29) is 0 Å². The Morgan fingerprint density at radius 1 is 1.07 bits per heavy atom. The molecule has 3 rings (SSSR count). The van der Waals surface area contributed by atoms with Crippen molar-refractivity contribution in [1.82, 2.24) is 0 Å². The lowest BCUT2D eigenvalue weighted by atomic mass is 9.49. The Labute approximate surface area is 94.8 Å². The molecule has 0 saturated heterocycles. The molecule has 0 aliphatic heterocycles. The van der Waals surface area contributed by atoms with Gasteiger partial charge in [-0.2, -0.15) is 0 Å². The van der Waals surface area contributed by atoms with Crippen LogP contribution in [0.25, 0.3) is 0 Å². The Hall–Kier alpha value is -0.130. The van der Waals surface area contributed by atoms with Crippen LogP contribution in [0.4, 0.5) is 0 Å². The van der Waals surface area contributed by atoms with Gasteiger partial charge in [0, 0.05) is 17.8 Å². The van der Waals surface area contributed by atoms with Crippen LogP contribution < -0.4 is 0 Å². The predicted molar refractivity (Wildman–Crippen MR) is 64.4 cm³/mol. The maximum Gasteiger partial charge on any atom is 0.116 e. The summed E-state index contributed by atoms with van der Waals surface area (Å²) in [6.07, 6.45) is 8.86. The highest BCUT2D eigenvalue weighted by molar-refractivity contribution is 5.30. The van der Waals surface area contributed by atoms with E-state index in [4.69, 9.17) is 0 Å². The van der Waals surface area contributed by atoms with Crippen molar-refractivity contribution in [2.75, 3.05) is 0 Å². The summed E-state index contributed by atoms with van der Waals surface area (Å²) in [4.78, 5) is 0. The van der Waals surface area contributed by atoms with E-state index in [1.54, 1.807) is 0 Å². The lowest BCUT2D eigenvalue weighted by molar-refractivity contribution is 0.0329. The third-order valence-electron chi connectivity index (χ3n) is 6.41. The minimum absolute atomic E-state index is 0.565. The Bertz CT molecular complexity index is 286. The van der Waals surface area contributed by atoms with Gasteiger partial charge in [0.25, 0.3) is 0 Å². The molecule has 1 spiro atoms. The van der Waals surface area contributed by atoms with Crippen molar-refractivity contribution in [3.05, 3.63) is 5.92 Å². The van der Waals surface area contributed by atoms with Crippen LogP contribution in [-0.2, 0) is 0 Å². The smallest absolute Gasteiger partial charge is 0.0552 e. The Balaban J connectivity index is 2.07. The average Bonchev–Trinajstić information content (AvgIpc) is 2.63. The second-order valence-electron chi connectivity index (χ2n) is 7.46. The van der Waals surface area contributed by atoms with Crippen LogP contribution in [0.1, 0.15) is 66.2 Å². The van der Waals surface area contributed by atoms with Gasteiger partial charge < -0.3 is 0 Å².